The fourth-order valence-corrected chi connectivity index (χ4v) is 5.76. The van der Waals surface area contributed by atoms with Crippen LogP contribution in [0.5, 0.6) is 0 Å². The van der Waals surface area contributed by atoms with E-state index >= 15 is 0 Å². The van der Waals surface area contributed by atoms with Crippen molar-refractivity contribution in [2.45, 2.75) is 70.1 Å². The molecule has 0 unspecified atom stereocenters. The van der Waals surface area contributed by atoms with Gasteiger partial charge in [-0.2, -0.15) is 0 Å². The molecule has 2 saturated carbocycles. The van der Waals surface area contributed by atoms with Crippen LogP contribution in [-0.2, 0) is 16.1 Å². The maximum absolute atomic E-state index is 13.5. The van der Waals surface area contributed by atoms with Crippen LogP contribution >= 0.6 is 0 Å². The standard InChI is InChI=1S/C24H31N3O4/c1-2-5-14-10-11-19-20-17(12-26(19)23(14)30)18(13-28)21(22(29)25-16-8-4-9-16)27(20)24(31)15-6-3-7-15/h2,5,10-11,15-18,20-21,28H,3-4,6-9,12-13H2,1H3,(H,25,29)/b5-2-/t17-,18-,20+,21-/m1/s1. The van der Waals surface area contributed by atoms with E-state index in [4.69, 9.17) is 0 Å². The van der Waals surface area contributed by atoms with Gasteiger partial charge in [-0.15, -0.1) is 0 Å². The van der Waals surface area contributed by atoms with Crippen LogP contribution < -0.4 is 10.9 Å². The largest absolute Gasteiger partial charge is 0.396 e. The third kappa shape index (κ3) is 3.16. The summed E-state index contributed by atoms with van der Waals surface area (Å²) in [4.78, 5) is 41.6. The molecule has 3 fully saturated rings. The van der Waals surface area contributed by atoms with E-state index in [2.05, 4.69) is 5.32 Å². The van der Waals surface area contributed by atoms with Crippen LogP contribution in [0.2, 0.25) is 0 Å². The van der Waals surface area contributed by atoms with Gasteiger partial charge in [0.15, 0.2) is 0 Å². The van der Waals surface area contributed by atoms with Gasteiger partial charge in [-0.05, 0) is 51.2 Å². The Labute approximate surface area is 182 Å². The van der Waals surface area contributed by atoms with E-state index in [1.807, 2.05) is 19.1 Å². The Balaban J connectivity index is 1.55. The first-order chi connectivity index (χ1) is 15.0. The van der Waals surface area contributed by atoms with Crippen LogP contribution in [0.1, 0.15) is 62.7 Å². The molecule has 2 aliphatic carbocycles. The summed E-state index contributed by atoms with van der Waals surface area (Å²) in [6.07, 6.45) is 9.40. The van der Waals surface area contributed by atoms with E-state index in [-0.39, 0.29) is 53.8 Å². The highest BCUT2D eigenvalue weighted by Gasteiger charge is 2.58. The van der Waals surface area contributed by atoms with Gasteiger partial charge in [0.25, 0.3) is 5.56 Å². The molecule has 0 bridgehead atoms. The normalized spacial score (nSPS) is 30.1. The Morgan fingerprint density at radius 1 is 1.19 bits per heavy atom. The van der Waals surface area contributed by atoms with E-state index in [1.165, 1.54) is 0 Å². The topological polar surface area (TPSA) is 91.6 Å². The van der Waals surface area contributed by atoms with Gasteiger partial charge in [-0.25, -0.2) is 0 Å². The van der Waals surface area contributed by atoms with Gasteiger partial charge in [-0.3, -0.25) is 14.4 Å². The van der Waals surface area contributed by atoms with Crippen molar-refractivity contribution in [1.82, 2.24) is 14.8 Å². The second-order valence-corrected chi connectivity index (χ2v) is 9.54. The number of aromatic nitrogens is 1. The fourth-order valence-electron chi connectivity index (χ4n) is 5.76. The Kier molecular flexibility index (Phi) is 5.24. The van der Waals surface area contributed by atoms with Crippen LogP contribution in [0.25, 0.3) is 6.08 Å². The summed E-state index contributed by atoms with van der Waals surface area (Å²) in [6.45, 7) is 2.12. The molecule has 0 radical (unpaired) electrons. The lowest BCUT2D eigenvalue weighted by Gasteiger charge is -2.37. The molecule has 2 amide bonds. The van der Waals surface area contributed by atoms with Crippen molar-refractivity contribution in [3.05, 3.63) is 39.8 Å². The summed E-state index contributed by atoms with van der Waals surface area (Å²) >= 11 is 0. The van der Waals surface area contributed by atoms with E-state index in [1.54, 1.807) is 21.6 Å². The lowest BCUT2D eigenvalue weighted by Crippen LogP contribution is -2.55. The quantitative estimate of drug-likeness (QED) is 0.753. The molecule has 3 heterocycles. The molecule has 1 aromatic rings. The molecule has 0 aromatic carbocycles. The number of aliphatic hydroxyl groups is 1. The van der Waals surface area contributed by atoms with Crippen molar-refractivity contribution in [3.63, 3.8) is 0 Å². The maximum Gasteiger partial charge on any atom is 0.258 e. The van der Waals surface area contributed by atoms with Crippen molar-refractivity contribution < 1.29 is 14.7 Å². The average Bonchev–Trinajstić information content (AvgIpc) is 3.20. The molecule has 31 heavy (non-hydrogen) atoms. The predicted octanol–water partition coefficient (Wildman–Crippen LogP) is 1.84. The van der Waals surface area contributed by atoms with Crippen molar-refractivity contribution in [2.24, 2.45) is 17.8 Å². The number of amides is 2. The van der Waals surface area contributed by atoms with Crippen LogP contribution in [0, 0.1) is 17.8 Å². The molecule has 2 N–H and O–H groups in total. The van der Waals surface area contributed by atoms with Crippen LogP contribution in [0.3, 0.4) is 0 Å². The van der Waals surface area contributed by atoms with E-state index in [0.29, 0.717) is 12.1 Å². The smallest absolute Gasteiger partial charge is 0.258 e. The molecule has 0 spiro atoms. The Morgan fingerprint density at radius 3 is 2.52 bits per heavy atom. The van der Waals surface area contributed by atoms with E-state index in [9.17, 15) is 19.5 Å². The van der Waals surface area contributed by atoms with Gasteiger partial charge in [-0.1, -0.05) is 18.6 Å². The summed E-state index contributed by atoms with van der Waals surface area (Å²) in [5, 5.41) is 13.4. The molecule has 1 saturated heterocycles. The van der Waals surface area contributed by atoms with Crippen molar-refractivity contribution in [1.29, 1.82) is 0 Å². The number of pyridine rings is 1. The monoisotopic (exact) mass is 425 g/mol. The van der Waals surface area contributed by atoms with E-state index in [0.717, 1.165) is 44.2 Å². The van der Waals surface area contributed by atoms with Crippen LogP contribution in [-0.4, -0.2) is 45.1 Å². The minimum Gasteiger partial charge on any atom is -0.396 e. The lowest BCUT2D eigenvalue weighted by molar-refractivity contribution is -0.147. The van der Waals surface area contributed by atoms with Gasteiger partial charge in [0.05, 0.1) is 6.04 Å². The third-order valence-corrected chi connectivity index (χ3v) is 7.88. The highest BCUT2D eigenvalue weighted by Crippen LogP contribution is 2.50. The first kappa shape index (κ1) is 20.5. The average molecular weight is 426 g/mol. The highest BCUT2D eigenvalue weighted by atomic mass is 16.3. The number of nitrogens with zero attached hydrogens (tertiary/aromatic N) is 2. The molecule has 7 heteroatoms. The molecule has 4 aliphatic rings. The zero-order valence-electron chi connectivity index (χ0n) is 18.0. The van der Waals surface area contributed by atoms with Gasteiger partial charge in [0, 0.05) is 48.2 Å². The number of fused-ring (bicyclic) bond motifs is 3. The summed E-state index contributed by atoms with van der Waals surface area (Å²) in [6, 6.07) is 2.88. The lowest BCUT2D eigenvalue weighted by atomic mass is 9.83. The zero-order valence-corrected chi connectivity index (χ0v) is 18.0. The summed E-state index contributed by atoms with van der Waals surface area (Å²) < 4.78 is 1.74. The van der Waals surface area contributed by atoms with E-state index < -0.39 is 6.04 Å². The van der Waals surface area contributed by atoms with Crippen molar-refractivity contribution in [2.75, 3.05) is 6.61 Å². The van der Waals surface area contributed by atoms with Gasteiger partial charge in [0.1, 0.15) is 6.04 Å². The number of rotatable bonds is 5. The SMILES string of the molecule is C/C=C\c1ccc2n(c1=O)C[C@@H]1[C@@H](CO)[C@H](C(=O)NC3CCC3)N(C(=O)C3CCC3)[C@H]21. The van der Waals surface area contributed by atoms with Crippen molar-refractivity contribution >= 4 is 17.9 Å². The summed E-state index contributed by atoms with van der Waals surface area (Å²) in [5.74, 6) is -0.715. The minimum absolute atomic E-state index is 0.00406. The Bertz CT molecular complexity index is 976. The van der Waals surface area contributed by atoms with Crippen LogP contribution in [0.15, 0.2) is 23.0 Å². The summed E-state index contributed by atoms with van der Waals surface area (Å²) in [5.41, 5.74) is 1.32. The number of hydrogen-bond donors (Lipinski definition) is 2. The fraction of sp³-hybridized carbons (Fsp3) is 0.625. The van der Waals surface area contributed by atoms with Gasteiger partial charge >= 0.3 is 0 Å². The second-order valence-electron chi connectivity index (χ2n) is 9.54. The number of carbonyl (C=O) groups excluding carboxylic acids is 2. The number of nitrogens with one attached hydrogen (secondary N) is 1. The highest BCUT2D eigenvalue weighted by molar-refractivity contribution is 5.90. The van der Waals surface area contributed by atoms with Gasteiger partial charge in [0.2, 0.25) is 11.8 Å². The molecular weight excluding hydrogens is 394 g/mol. The predicted molar refractivity (Wildman–Crippen MR) is 116 cm³/mol. The second kappa shape index (κ2) is 7.93. The Hall–Kier alpha value is -2.41. The first-order valence-electron chi connectivity index (χ1n) is 11.6. The van der Waals surface area contributed by atoms with Gasteiger partial charge < -0.3 is 19.9 Å². The third-order valence-electron chi connectivity index (χ3n) is 7.88. The molecule has 1 aromatic heterocycles. The van der Waals surface area contributed by atoms with Crippen molar-refractivity contribution in [3.8, 4) is 0 Å². The zero-order chi connectivity index (χ0) is 21.7. The maximum atomic E-state index is 13.5. The molecule has 5 rings (SSSR count). The molecular formula is C24H31N3O4. The number of aliphatic hydroxyl groups excluding tert-OH is 1. The number of carbonyl (C=O) groups is 2. The Morgan fingerprint density at radius 2 is 1.94 bits per heavy atom. The number of allylic oxidation sites excluding steroid dienone is 1. The number of hydrogen-bond acceptors (Lipinski definition) is 4. The molecule has 4 atom stereocenters. The summed E-state index contributed by atoms with van der Waals surface area (Å²) in [7, 11) is 0. The number of likely N-dealkylation sites (tertiary alicyclic amines) is 1. The first-order valence-corrected chi connectivity index (χ1v) is 11.6. The molecule has 166 valence electrons. The van der Waals surface area contributed by atoms with Crippen LogP contribution in [0.4, 0.5) is 0 Å². The minimum atomic E-state index is -0.673. The molecule has 7 nitrogen and oxygen atoms in total. The molecule has 2 aliphatic heterocycles.